The molecule has 1 rings (SSSR count). The summed E-state index contributed by atoms with van der Waals surface area (Å²) >= 11 is 0. The van der Waals surface area contributed by atoms with Gasteiger partial charge in [-0.25, -0.2) is 8.42 Å². The molecule has 1 unspecified atom stereocenters. The van der Waals surface area contributed by atoms with Gasteiger partial charge in [0, 0.05) is 6.04 Å². The number of hydrogen-bond acceptors (Lipinski definition) is 3. The zero-order valence-electron chi connectivity index (χ0n) is 8.89. The lowest BCUT2D eigenvalue weighted by atomic mass is 10.2. The zero-order valence-corrected chi connectivity index (χ0v) is 9.70. The Kier molecular flexibility index (Phi) is 4.29. The van der Waals surface area contributed by atoms with E-state index in [0.717, 1.165) is 12.8 Å². The summed E-state index contributed by atoms with van der Waals surface area (Å²) in [6.07, 6.45) is 1.65. The molecule has 3 nitrogen and oxygen atoms in total. The molecule has 1 aromatic carbocycles. The van der Waals surface area contributed by atoms with Crippen molar-refractivity contribution in [3.05, 3.63) is 30.3 Å². The van der Waals surface area contributed by atoms with Crippen molar-refractivity contribution in [3.63, 3.8) is 0 Å². The van der Waals surface area contributed by atoms with Gasteiger partial charge in [0.1, 0.15) is 0 Å². The minimum absolute atomic E-state index is 0.0326. The number of nitrogens with two attached hydrogens (primary N) is 1. The Bertz CT molecular complexity index is 386. The maximum Gasteiger partial charge on any atom is 0.179 e. The summed E-state index contributed by atoms with van der Waals surface area (Å²) in [5.41, 5.74) is 5.73. The molecule has 0 saturated carbocycles. The van der Waals surface area contributed by atoms with E-state index in [2.05, 4.69) is 0 Å². The van der Waals surface area contributed by atoms with Crippen LogP contribution in [0.15, 0.2) is 35.2 Å². The first-order chi connectivity index (χ1) is 7.06. The molecular weight excluding hydrogens is 210 g/mol. The standard InChI is InChI=1S/C11H17NO2S/c1-2-6-10(12)9-15(13,14)11-7-4-3-5-8-11/h3-5,7-8,10H,2,6,9,12H2,1H3. The first kappa shape index (κ1) is 12.2. The summed E-state index contributed by atoms with van der Waals surface area (Å²) in [5.74, 6) is 0.0326. The fourth-order valence-electron chi connectivity index (χ4n) is 1.46. The van der Waals surface area contributed by atoms with Crippen LogP contribution in [-0.2, 0) is 9.84 Å². The molecule has 0 saturated heterocycles. The van der Waals surface area contributed by atoms with E-state index >= 15 is 0 Å². The van der Waals surface area contributed by atoms with Gasteiger partial charge in [-0.05, 0) is 18.6 Å². The highest BCUT2D eigenvalue weighted by molar-refractivity contribution is 7.91. The summed E-state index contributed by atoms with van der Waals surface area (Å²) in [5, 5.41) is 0. The Hall–Kier alpha value is -0.870. The van der Waals surface area contributed by atoms with Gasteiger partial charge in [-0.2, -0.15) is 0 Å². The molecule has 4 heteroatoms. The molecule has 0 aliphatic heterocycles. The lowest BCUT2D eigenvalue weighted by Gasteiger charge is -2.10. The Balaban J connectivity index is 2.77. The fourth-order valence-corrected chi connectivity index (χ4v) is 2.95. The van der Waals surface area contributed by atoms with Crippen molar-refractivity contribution >= 4 is 9.84 Å². The average molecular weight is 227 g/mol. The van der Waals surface area contributed by atoms with Crippen LogP contribution in [0.25, 0.3) is 0 Å². The van der Waals surface area contributed by atoms with E-state index < -0.39 is 9.84 Å². The van der Waals surface area contributed by atoms with Crippen LogP contribution in [0.1, 0.15) is 19.8 Å². The van der Waals surface area contributed by atoms with Gasteiger partial charge in [0.15, 0.2) is 9.84 Å². The molecule has 0 amide bonds. The molecule has 0 aliphatic carbocycles. The summed E-state index contributed by atoms with van der Waals surface area (Å²) < 4.78 is 23.7. The molecule has 0 bridgehead atoms. The number of hydrogen-bond donors (Lipinski definition) is 1. The van der Waals surface area contributed by atoms with Gasteiger partial charge >= 0.3 is 0 Å². The summed E-state index contributed by atoms with van der Waals surface area (Å²) in [6, 6.07) is 8.18. The molecule has 1 aromatic rings. The van der Waals surface area contributed by atoms with Gasteiger partial charge < -0.3 is 5.73 Å². The molecule has 15 heavy (non-hydrogen) atoms. The van der Waals surface area contributed by atoms with Gasteiger partial charge in [0.2, 0.25) is 0 Å². The third-order valence-corrected chi connectivity index (χ3v) is 4.05. The van der Waals surface area contributed by atoms with E-state index in [-0.39, 0.29) is 11.8 Å². The SMILES string of the molecule is CCCC(N)CS(=O)(=O)c1ccccc1. The van der Waals surface area contributed by atoms with Crippen LogP contribution in [0, 0.1) is 0 Å². The first-order valence-electron chi connectivity index (χ1n) is 5.09. The van der Waals surface area contributed by atoms with Gasteiger partial charge in [0.25, 0.3) is 0 Å². The average Bonchev–Trinajstić information content (AvgIpc) is 2.18. The monoisotopic (exact) mass is 227 g/mol. The predicted molar refractivity (Wildman–Crippen MR) is 61.4 cm³/mol. The van der Waals surface area contributed by atoms with E-state index in [0.29, 0.717) is 4.90 Å². The predicted octanol–water partition coefficient (Wildman–Crippen LogP) is 1.59. The zero-order chi connectivity index (χ0) is 11.3. The minimum atomic E-state index is -3.21. The third kappa shape index (κ3) is 3.64. The normalized spacial score (nSPS) is 13.7. The second-order valence-corrected chi connectivity index (χ2v) is 5.68. The van der Waals surface area contributed by atoms with Crippen LogP contribution < -0.4 is 5.73 Å². The highest BCUT2D eigenvalue weighted by Gasteiger charge is 2.17. The second-order valence-electron chi connectivity index (χ2n) is 3.64. The van der Waals surface area contributed by atoms with E-state index in [1.807, 2.05) is 6.92 Å². The van der Waals surface area contributed by atoms with Gasteiger partial charge in [-0.15, -0.1) is 0 Å². The van der Waals surface area contributed by atoms with Crippen LogP contribution in [0.2, 0.25) is 0 Å². The molecule has 1 atom stereocenters. The van der Waals surface area contributed by atoms with Crippen LogP contribution in [0.5, 0.6) is 0 Å². The maximum atomic E-state index is 11.8. The van der Waals surface area contributed by atoms with Gasteiger partial charge in [-0.1, -0.05) is 31.5 Å². The van der Waals surface area contributed by atoms with Crippen LogP contribution >= 0.6 is 0 Å². The molecule has 0 aliphatic rings. The lowest BCUT2D eigenvalue weighted by molar-refractivity contribution is 0.577. The van der Waals surface area contributed by atoms with Crippen molar-refractivity contribution in [1.29, 1.82) is 0 Å². The van der Waals surface area contributed by atoms with E-state index in [4.69, 9.17) is 5.73 Å². The minimum Gasteiger partial charge on any atom is -0.327 e. The molecule has 0 fully saturated rings. The molecule has 0 heterocycles. The molecule has 0 radical (unpaired) electrons. The van der Waals surface area contributed by atoms with Crippen molar-refractivity contribution in [2.24, 2.45) is 5.73 Å². The third-order valence-electron chi connectivity index (χ3n) is 2.20. The van der Waals surface area contributed by atoms with E-state index in [9.17, 15) is 8.42 Å². The summed E-state index contributed by atoms with van der Waals surface area (Å²) in [7, 11) is -3.21. The Morgan fingerprint density at radius 3 is 2.40 bits per heavy atom. The van der Waals surface area contributed by atoms with Crippen molar-refractivity contribution in [3.8, 4) is 0 Å². The van der Waals surface area contributed by atoms with E-state index in [1.54, 1.807) is 30.3 Å². The fraction of sp³-hybridized carbons (Fsp3) is 0.455. The molecular formula is C11H17NO2S. The van der Waals surface area contributed by atoms with Crippen LogP contribution in [0.4, 0.5) is 0 Å². The largest absolute Gasteiger partial charge is 0.327 e. The second kappa shape index (κ2) is 5.28. The molecule has 0 spiro atoms. The summed E-state index contributed by atoms with van der Waals surface area (Å²) in [4.78, 5) is 0.358. The molecule has 2 N–H and O–H groups in total. The van der Waals surface area contributed by atoms with Crippen molar-refractivity contribution in [2.75, 3.05) is 5.75 Å². The molecule has 84 valence electrons. The Labute approximate surface area is 91.2 Å². The Morgan fingerprint density at radius 2 is 1.87 bits per heavy atom. The van der Waals surface area contributed by atoms with Gasteiger partial charge in [0.05, 0.1) is 10.6 Å². The number of sulfone groups is 1. The Morgan fingerprint density at radius 1 is 1.27 bits per heavy atom. The smallest absolute Gasteiger partial charge is 0.179 e. The highest BCUT2D eigenvalue weighted by atomic mass is 32.2. The molecule has 0 aromatic heterocycles. The lowest BCUT2D eigenvalue weighted by Crippen LogP contribution is -2.29. The topological polar surface area (TPSA) is 60.2 Å². The maximum absolute atomic E-state index is 11.8. The van der Waals surface area contributed by atoms with Crippen LogP contribution in [0.3, 0.4) is 0 Å². The van der Waals surface area contributed by atoms with E-state index in [1.165, 1.54) is 0 Å². The first-order valence-corrected chi connectivity index (χ1v) is 6.75. The van der Waals surface area contributed by atoms with Crippen LogP contribution in [-0.4, -0.2) is 20.2 Å². The highest BCUT2D eigenvalue weighted by Crippen LogP contribution is 2.11. The quantitative estimate of drug-likeness (QED) is 0.831. The number of benzene rings is 1. The summed E-state index contributed by atoms with van der Waals surface area (Å²) in [6.45, 7) is 2.00. The van der Waals surface area contributed by atoms with Gasteiger partial charge in [-0.3, -0.25) is 0 Å². The van der Waals surface area contributed by atoms with Crippen molar-refractivity contribution < 1.29 is 8.42 Å². The van der Waals surface area contributed by atoms with Crippen molar-refractivity contribution in [1.82, 2.24) is 0 Å². The van der Waals surface area contributed by atoms with Crippen molar-refractivity contribution in [2.45, 2.75) is 30.7 Å². The number of rotatable bonds is 5.